The first kappa shape index (κ1) is 19.7. The number of carbonyl (C=O) groups is 2. The molecule has 0 bridgehead atoms. The summed E-state index contributed by atoms with van der Waals surface area (Å²) >= 11 is 1.30. The molecule has 1 aliphatic heterocycles. The van der Waals surface area contributed by atoms with Crippen LogP contribution < -0.4 is 5.32 Å². The van der Waals surface area contributed by atoms with Crippen LogP contribution in [0.4, 0.5) is 8.78 Å². The highest BCUT2D eigenvalue weighted by Crippen LogP contribution is 2.43. The molecule has 1 saturated heterocycles. The van der Waals surface area contributed by atoms with Crippen molar-refractivity contribution < 1.29 is 18.4 Å². The zero-order valence-electron chi connectivity index (χ0n) is 14.6. The molecule has 2 atom stereocenters. The van der Waals surface area contributed by atoms with Crippen LogP contribution in [0.15, 0.2) is 18.2 Å². The highest BCUT2D eigenvalue weighted by Gasteiger charge is 2.39. The Hall–Kier alpha value is -1.67. The highest BCUT2D eigenvalue weighted by atomic mass is 32.2. The largest absolute Gasteiger partial charge is 0.355 e. The van der Waals surface area contributed by atoms with E-state index in [1.54, 1.807) is 6.92 Å². The second kappa shape index (κ2) is 8.62. The van der Waals surface area contributed by atoms with E-state index in [9.17, 15) is 18.4 Å². The van der Waals surface area contributed by atoms with Crippen molar-refractivity contribution in [3.63, 3.8) is 0 Å². The van der Waals surface area contributed by atoms with Gasteiger partial charge in [0.15, 0.2) is 0 Å². The van der Waals surface area contributed by atoms with Crippen molar-refractivity contribution in [1.82, 2.24) is 15.1 Å². The topological polar surface area (TPSA) is 52.7 Å². The van der Waals surface area contributed by atoms with E-state index in [-0.39, 0.29) is 35.6 Å². The van der Waals surface area contributed by atoms with Crippen molar-refractivity contribution in [3.8, 4) is 0 Å². The average Bonchev–Trinajstić information content (AvgIpc) is 2.80. The molecule has 138 valence electrons. The van der Waals surface area contributed by atoms with E-state index in [4.69, 9.17) is 0 Å². The quantitative estimate of drug-likeness (QED) is 0.797. The number of rotatable bonds is 7. The lowest BCUT2D eigenvalue weighted by molar-refractivity contribution is -0.130. The van der Waals surface area contributed by atoms with Crippen molar-refractivity contribution in [2.75, 3.05) is 33.7 Å². The normalized spacial score (nSPS) is 20.4. The van der Waals surface area contributed by atoms with Gasteiger partial charge in [-0.25, -0.2) is 8.78 Å². The molecule has 1 N–H and O–H groups in total. The van der Waals surface area contributed by atoms with Gasteiger partial charge in [0.1, 0.15) is 17.0 Å². The molecule has 0 aromatic heterocycles. The summed E-state index contributed by atoms with van der Waals surface area (Å²) in [6.07, 6.45) is 0.145. The van der Waals surface area contributed by atoms with Gasteiger partial charge in [-0.2, -0.15) is 0 Å². The maximum atomic E-state index is 14.1. The van der Waals surface area contributed by atoms with Crippen LogP contribution in [-0.2, 0) is 9.59 Å². The first-order valence-electron chi connectivity index (χ1n) is 8.12. The minimum absolute atomic E-state index is 0.139. The molecule has 1 aromatic rings. The van der Waals surface area contributed by atoms with Gasteiger partial charge in [-0.05, 0) is 27.1 Å². The molecule has 8 heteroatoms. The third-order valence-corrected chi connectivity index (χ3v) is 5.31. The van der Waals surface area contributed by atoms with Gasteiger partial charge in [0, 0.05) is 37.7 Å². The van der Waals surface area contributed by atoms with Crippen molar-refractivity contribution in [2.24, 2.45) is 0 Å². The Morgan fingerprint density at radius 2 is 2.08 bits per heavy atom. The molecule has 0 unspecified atom stereocenters. The van der Waals surface area contributed by atoms with Crippen LogP contribution in [0, 0.1) is 11.6 Å². The highest BCUT2D eigenvalue weighted by molar-refractivity contribution is 8.01. The minimum atomic E-state index is -0.681. The summed E-state index contributed by atoms with van der Waals surface area (Å²) in [5, 5.41) is 1.92. The number of carbonyl (C=O) groups excluding carboxylic acids is 2. The lowest BCUT2D eigenvalue weighted by Gasteiger charge is -2.24. The summed E-state index contributed by atoms with van der Waals surface area (Å²) in [6, 6.07) is 3.35. The standard InChI is InChI=1S/C17H23F2N3O2S/c1-11-16(24)22(8-6-15(23)20-7-9-21(2)3)17(25-11)13-5-4-12(18)10-14(13)19/h4-5,10-11,17H,6-9H2,1-3H3,(H,20,23)/t11-,17-/m1/s1. The zero-order chi connectivity index (χ0) is 18.6. The monoisotopic (exact) mass is 371 g/mol. The summed E-state index contributed by atoms with van der Waals surface area (Å²) in [5.74, 6) is -1.63. The SMILES string of the molecule is C[C@H]1S[C@H](c2ccc(F)cc2F)N(CCC(=O)NCCN(C)C)C1=O. The summed E-state index contributed by atoms with van der Waals surface area (Å²) in [4.78, 5) is 27.7. The van der Waals surface area contributed by atoms with Crippen molar-refractivity contribution in [1.29, 1.82) is 0 Å². The molecule has 0 radical (unpaired) electrons. The van der Waals surface area contributed by atoms with Gasteiger partial charge in [-0.3, -0.25) is 9.59 Å². The molecule has 25 heavy (non-hydrogen) atoms. The molecule has 1 fully saturated rings. The van der Waals surface area contributed by atoms with Crippen LogP contribution in [0.25, 0.3) is 0 Å². The van der Waals surface area contributed by atoms with Gasteiger partial charge < -0.3 is 15.1 Å². The summed E-state index contributed by atoms with van der Waals surface area (Å²) in [7, 11) is 3.82. The number of hydrogen-bond donors (Lipinski definition) is 1. The molecular formula is C17H23F2N3O2S. The molecule has 0 saturated carbocycles. The van der Waals surface area contributed by atoms with E-state index in [0.717, 1.165) is 12.6 Å². The van der Waals surface area contributed by atoms with Crippen LogP contribution in [0.3, 0.4) is 0 Å². The first-order chi connectivity index (χ1) is 11.8. The van der Waals surface area contributed by atoms with E-state index in [1.807, 2.05) is 19.0 Å². The lowest BCUT2D eigenvalue weighted by Crippen LogP contribution is -2.36. The second-order valence-electron chi connectivity index (χ2n) is 6.23. The minimum Gasteiger partial charge on any atom is -0.355 e. The number of halogens is 2. The van der Waals surface area contributed by atoms with Crippen molar-refractivity contribution in [2.45, 2.75) is 24.0 Å². The van der Waals surface area contributed by atoms with E-state index in [2.05, 4.69) is 5.32 Å². The smallest absolute Gasteiger partial charge is 0.236 e. The van der Waals surface area contributed by atoms with E-state index < -0.39 is 17.0 Å². The number of benzene rings is 1. The van der Waals surface area contributed by atoms with Gasteiger partial charge in [0.2, 0.25) is 11.8 Å². The molecule has 2 rings (SSSR count). The van der Waals surface area contributed by atoms with Crippen LogP contribution in [0.5, 0.6) is 0 Å². The maximum Gasteiger partial charge on any atom is 0.236 e. The number of amides is 2. The van der Waals surface area contributed by atoms with Crippen LogP contribution >= 0.6 is 11.8 Å². The molecule has 0 spiro atoms. The third-order valence-electron chi connectivity index (χ3n) is 3.94. The Kier molecular flexibility index (Phi) is 6.78. The third kappa shape index (κ3) is 5.15. The van der Waals surface area contributed by atoms with Crippen LogP contribution in [0.1, 0.15) is 24.3 Å². The van der Waals surface area contributed by atoms with Gasteiger partial charge in [-0.1, -0.05) is 6.07 Å². The van der Waals surface area contributed by atoms with Gasteiger partial charge in [0.05, 0.1) is 5.25 Å². The van der Waals surface area contributed by atoms with E-state index in [1.165, 1.54) is 28.8 Å². The number of thioether (sulfide) groups is 1. The summed E-state index contributed by atoms with van der Waals surface area (Å²) in [5.41, 5.74) is 0.261. The van der Waals surface area contributed by atoms with E-state index in [0.29, 0.717) is 6.54 Å². The van der Waals surface area contributed by atoms with Gasteiger partial charge in [0.25, 0.3) is 0 Å². The zero-order valence-corrected chi connectivity index (χ0v) is 15.4. The Bertz CT molecular complexity index is 642. The molecule has 1 aromatic carbocycles. The predicted octanol–water partition coefficient (Wildman–Crippen LogP) is 2.00. The number of hydrogen-bond acceptors (Lipinski definition) is 4. The predicted molar refractivity (Wildman–Crippen MR) is 94.0 cm³/mol. The second-order valence-corrected chi connectivity index (χ2v) is 7.66. The van der Waals surface area contributed by atoms with E-state index >= 15 is 0 Å². The average molecular weight is 371 g/mol. The first-order valence-corrected chi connectivity index (χ1v) is 9.06. The number of likely N-dealkylation sites (N-methyl/N-ethyl adjacent to an activating group) is 1. The molecular weight excluding hydrogens is 348 g/mol. The Balaban J connectivity index is 2.01. The fraction of sp³-hybridized carbons (Fsp3) is 0.529. The van der Waals surface area contributed by atoms with Crippen LogP contribution in [0.2, 0.25) is 0 Å². The van der Waals surface area contributed by atoms with Crippen LogP contribution in [-0.4, -0.2) is 60.6 Å². The molecule has 0 aliphatic carbocycles. The molecule has 1 aliphatic rings. The molecule has 5 nitrogen and oxygen atoms in total. The van der Waals surface area contributed by atoms with Gasteiger partial charge in [-0.15, -0.1) is 11.8 Å². The lowest BCUT2D eigenvalue weighted by atomic mass is 10.1. The van der Waals surface area contributed by atoms with Gasteiger partial charge >= 0.3 is 0 Å². The summed E-state index contributed by atoms with van der Waals surface area (Å²) in [6.45, 7) is 3.20. The Labute approximate surface area is 150 Å². The fourth-order valence-corrected chi connectivity index (χ4v) is 3.91. The number of nitrogens with zero attached hydrogens (tertiary/aromatic N) is 2. The fourth-order valence-electron chi connectivity index (χ4n) is 2.57. The summed E-state index contributed by atoms with van der Waals surface area (Å²) < 4.78 is 27.2. The van der Waals surface area contributed by atoms with Crippen molar-refractivity contribution >= 4 is 23.6 Å². The van der Waals surface area contributed by atoms with Crippen molar-refractivity contribution in [3.05, 3.63) is 35.4 Å². The number of nitrogens with one attached hydrogen (secondary N) is 1. The Morgan fingerprint density at radius 1 is 1.36 bits per heavy atom. The molecule has 1 heterocycles. The molecule has 2 amide bonds. The maximum absolute atomic E-state index is 14.1. The Morgan fingerprint density at radius 3 is 2.72 bits per heavy atom.